The van der Waals surface area contributed by atoms with Crippen molar-refractivity contribution in [3.63, 3.8) is 0 Å². The van der Waals surface area contributed by atoms with Crippen LogP contribution in [-0.2, 0) is 0 Å². The molecule has 1 rings (SSSR count). The Kier molecular flexibility index (Phi) is 6.47. The zero-order valence-corrected chi connectivity index (χ0v) is 12.6. The van der Waals surface area contributed by atoms with Gasteiger partial charge in [-0.25, -0.2) is 0 Å². The van der Waals surface area contributed by atoms with Crippen molar-refractivity contribution in [2.24, 2.45) is 0 Å². The largest absolute Gasteiger partial charge is 0.310 e. The highest BCUT2D eigenvalue weighted by Crippen LogP contribution is 2.28. The molecule has 1 atom stereocenters. The van der Waals surface area contributed by atoms with Crippen molar-refractivity contribution in [3.8, 4) is 0 Å². The van der Waals surface area contributed by atoms with E-state index in [-0.39, 0.29) is 0 Å². The molecule has 0 aromatic heterocycles. The van der Waals surface area contributed by atoms with Crippen molar-refractivity contribution in [2.45, 2.75) is 38.1 Å². The van der Waals surface area contributed by atoms with Gasteiger partial charge in [0.25, 0.3) is 0 Å². The lowest BCUT2D eigenvalue weighted by Crippen LogP contribution is -2.19. The minimum Gasteiger partial charge on any atom is -0.310 e. The van der Waals surface area contributed by atoms with E-state index in [1.165, 1.54) is 21.4 Å². The Labute approximate surface area is 112 Å². The molecule has 1 unspecified atom stereocenters. The van der Waals surface area contributed by atoms with Crippen LogP contribution in [0.1, 0.15) is 38.8 Å². The molecule has 1 nitrogen and oxygen atoms in total. The second-order valence-corrected chi connectivity index (χ2v) is 5.98. The first-order valence-electron chi connectivity index (χ1n) is 5.84. The van der Waals surface area contributed by atoms with Crippen molar-refractivity contribution < 1.29 is 0 Å². The molecular weight excluding hydrogens is 282 g/mol. The van der Waals surface area contributed by atoms with E-state index in [9.17, 15) is 0 Å². The van der Waals surface area contributed by atoms with E-state index in [1.807, 2.05) is 11.8 Å². The minimum atomic E-state index is 0.412. The molecule has 0 aliphatic heterocycles. The van der Waals surface area contributed by atoms with Gasteiger partial charge in [-0.15, -0.1) is 11.8 Å². The summed E-state index contributed by atoms with van der Waals surface area (Å²) in [5.41, 5.74) is 1.34. The molecule has 3 heteroatoms. The minimum absolute atomic E-state index is 0.412. The third-order valence-corrected chi connectivity index (χ3v) is 4.01. The Hall–Kier alpha value is 0.01000. The van der Waals surface area contributed by atoms with Crippen LogP contribution in [0.4, 0.5) is 0 Å². The summed E-state index contributed by atoms with van der Waals surface area (Å²) in [5.74, 6) is 1.12. The molecule has 0 bridgehead atoms. The number of nitrogens with one attached hydrogen (secondary N) is 1. The van der Waals surface area contributed by atoms with Crippen LogP contribution in [0.3, 0.4) is 0 Å². The standard InChI is InChI=1S/C13H20BrNS/c1-4-8-15-10(3)12-7-6-11(16-5-2)9-13(12)14/h6-7,9-10,15H,4-5,8H2,1-3H3. The maximum absolute atomic E-state index is 3.66. The Morgan fingerprint density at radius 1 is 1.38 bits per heavy atom. The molecular formula is C13H20BrNS. The van der Waals surface area contributed by atoms with Gasteiger partial charge in [0.2, 0.25) is 0 Å². The molecule has 0 amide bonds. The van der Waals surface area contributed by atoms with Crippen LogP contribution < -0.4 is 5.32 Å². The van der Waals surface area contributed by atoms with Crippen LogP contribution in [0.5, 0.6) is 0 Å². The van der Waals surface area contributed by atoms with E-state index in [2.05, 4.69) is 60.2 Å². The van der Waals surface area contributed by atoms with Crippen LogP contribution in [0.2, 0.25) is 0 Å². The van der Waals surface area contributed by atoms with Crippen molar-refractivity contribution >= 4 is 27.7 Å². The van der Waals surface area contributed by atoms with Crippen LogP contribution >= 0.6 is 27.7 Å². The Bertz CT molecular complexity index is 328. The number of halogens is 1. The lowest BCUT2D eigenvalue weighted by atomic mass is 10.1. The summed E-state index contributed by atoms with van der Waals surface area (Å²) in [7, 11) is 0. The van der Waals surface area contributed by atoms with Crippen molar-refractivity contribution in [1.82, 2.24) is 5.32 Å². The van der Waals surface area contributed by atoms with E-state index in [0.29, 0.717) is 6.04 Å². The van der Waals surface area contributed by atoms with Gasteiger partial charge in [-0.3, -0.25) is 0 Å². The van der Waals surface area contributed by atoms with Gasteiger partial charge in [0.15, 0.2) is 0 Å². The maximum atomic E-state index is 3.66. The van der Waals surface area contributed by atoms with Gasteiger partial charge in [-0.2, -0.15) is 0 Å². The zero-order chi connectivity index (χ0) is 12.0. The molecule has 0 fully saturated rings. The average Bonchev–Trinajstić information content (AvgIpc) is 2.26. The lowest BCUT2D eigenvalue weighted by molar-refractivity contribution is 0.568. The summed E-state index contributed by atoms with van der Waals surface area (Å²) in [6.07, 6.45) is 1.17. The summed E-state index contributed by atoms with van der Waals surface area (Å²) in [6, 6.07) is 7.05. The molecule has 1 aromatic rings. The smallest absolute Gasteiger partial charge is 0.0302 e. The molecule has 1 aromatic carbocycles. The molecule has 0 heterocycles. The fourth-order valence-electron chi connectivity index (χ4n) is 1.59. The number of rotatable bonds is 6. The van der Waals surface area contributed by atoms with Crippen LogP contribution in [0, 0.1) is 0 Å². The predicted molar refractivity (Wildman–Crippen MR) is 77.2 cm³/mol. The average molecular weight is 302 g/mol. The second-order valence-electron chi connectivity index (χ2n) is 3.79. The lowest BCUT2D eigenvalue weighted by Gasteiger charge is -2.16. The van der Waals surface area contributed by atoms with E-state index in [0.717, 1.165) is 12.3 Å². The molecule has 0 saturated carbocycles. The molecule has 16 heavy (non-hydrogen) atoms. The summed E-state index contributed by atoms with van der Waals surface area (Å²) in [5, 5.41) is 3.50. The van der Waals surface area contributed by atoms with Crippen molar-refractivity contribution in [1.29, 1.82) is 0 Å². The van der Waals surface area contributed by atoms with Crippen molar-refractivity contribution in [3.05, 3.63) is 28.2 Å². The Morgan fingerprint density at radius 3 is 2.69 bits per heavy atom. The highest BCUT2D eigenvalue weighted by Gasteiger charge is 2.08. The Balaban J connectivity index is 2.73. The number of hydrogen-bond acceptors (Lipinski definition) is 2. The monoisotopic (exact) mass is 301 g/mol. The summed E-state index contributed by atoms with van der Waals surface area (Å²) >= 11 is 5.53. The van der Waals surface area contributed by atoms with Crippen LogP contribution in [0.15, 0.2) is 27.6 Å². The topological polar surface area (TPSA) is 12.0 Å². The zero-order valence-electron chi connectivity index (χ0n) is 10.2. The molecule has 0 aliphatic rings. The van der Waals surface area contributed by atoms with Crippen molar-refractivity contribution in [2.75, 3.05) is 12.3 Å². The highest BCUT2D eigenvalue weighted by atomic mass is 79.9. The molecule has 0 aliphatic carbocycles. The molecule has 90 valence electrons. The molecule has 0 saturated heterocycles. The number of thioether (sulfide) groups is 1. The molecule has 0 spiro atoms. The van der Waals surface area contributed by atoms with Gasteiger partial charge < -0.3 is 5.32 Å². The first-order valence-corrected chi connectivity index (χ1v) is 7.62. The Morgan fingerprint density at radius 2 is 2.12 bits per heavy atom. The summed E-state index contributed by atoms with van der Waals surface area (Å²) in [4.78, 5) is 1.33. The molecule has 1 N–H and O–H groups in total. The predicted octanol–water partition coefficient (Wildman–Crippen LogP) is 4.62. The first-order chi connectivity index (χ1) is 7.69. The van der Waals surface area contributed by atoms with Gasteiger partial charge in [0, 0.05) is 15.4 Å². The van der Waals surface area contributed by atoms with Crippen LogP contribution in [-0.4, -0.2) is 12.3 Å². The van der Waals surface area contributed by atoms with Gasteiger partial charge in [-0.05, 0) is 43.3 Å². The van der Waals surface area contributed by atoms with Gasteiger partial charge in [-0.1, -0.05) is 35.8 Å². The van der Waals surface area contributed by atoms with E-state index in [1.54, 1.807) is 0 Å². The van der Waals surface area contributed by atoms with Gasteiger partial charge >= 0.3 is 0 Å². The number of benzene rings is 1. The fraction of sp³-hybridized carbons (Fsp3) is 0.538. The van der Waals surface area contributed by atoms with Crippen LogP contribution in [0.25, 0.3) is 0 Å². The van der Waals surface area contributed by atoms with E-state index < -0.39 is 0 Å². The molecule has 0 radical (unpaired) electrons. The quantitative estimate of drug-likeness (QED) is 0.769. The van der Waals surface area contributed by atoms with Gasteiger partial charge in [0.05, 0.1) is 0 Å². The third-order valence-electron chi connectivity index (χ3n) is 2.45. The normalized spacial score (nSPS) is 12.8. The third kappa shape index (κ3) is 4.11. The van der Waals surface area contributed by atoms with E-state index >= 15 is 0 Å². The maximum Gasteiger partial charge on any atom is 0.0302 e. The first kappa shape index (κ1) is 14.1. The van der Waals surface area contributed by atoms with Gasteiger partial charge in [0.1, 0.15) is 0 Å². The number of hydrogen-bond donors (Lipinski definition) is 1. The van der Waals surface area contributed by atoms with E-state index in [4.69, 9.17) is 0 Å². The second kappa shape index (κ2) is 7.36. The summed E-state index contributed by atoms with van der Waals surface area (Å²) < 4.78 is 1.21. The highest BCUT2D eigenvalue weighted by molar-refractivity contribution is 9.10. The fourth-order valence-corrected chi connectivity index (χ4v) is 3.16. The SMILES string of the molecule is CCCNC(C)c1ccc(SCC)cc1Br. The summed E-state index contributed by atoms with van der Waals surface area (Å²) in [6.45, 7) is 7.65.